The Morgan fingerprint density at radius 3 is 2.78 bits per heavy atom. The lowest BCUT2D eigenvalue weighted by Crippen LogP contribution is -2.04. The van der Waals surface area contributed by atoms with Gasteiger partial charge in [-0.1, -0.05) is 0 Å². The van der Waals surface area contributed by atoms with Gasteiger partial charge in [0.1, 0.15) is 10.9 Å². The minimum Gasteiger partial charge on any atom is -0.465 e. The van der Waals surface area contributed by atoms with E-state index < -0.39 is 20.7 Å². The molecule has 0 saturated carbocycles. The number of carbonyl (C=O) groups excluding carboxylic acids is 1. The predicted octanol–water partition coefficient (Wildman–Crippen LogP) is 1.36. The molecule has 0 spiro atoms. The standard InChI is InChI=1S/C10H10N2O4S2/c1-16-10(13)9-8(3-4-17-9)12-6-7(5-11)18(2,14)15/h3-4,6,12H,1-2H3. The van der Waals surface area contributed by atoms with Crippen LogP contribution in [0.4, 0.5) is 5.69 Å². The van der Waals surface area contributed by atoms with Crippen LogP contribution in [0.1, 0.15) is 9.67 Å². The first kappa shape index (κ1) is 14.2. The van der Waals surface area contributed by atoms with Crippen molar-refractivity contribution in [1.29, 1.82) is 5.26 Å². The Bertz CT molecular complexity index is 623. The number of nitriles is 1. The van der Waals surface area contributed by atoms with Gasteiger partial charge >= 0.3 is 5.97 Å². The normalized spacial score (nSPS) is 11.7. The number of hydrogen-bond donors (Lipinski definition) is 1. The molecule has 0 aromatic carbocycles. The van der Waals surface area contributed by atoms with Crippen molar-refractivity contribution in [3.05, 3.63) is 27.4 Å². The van der Waals surface area contributed by atoms with Gasteiger partial charge in [0.2, 0.25) is 0 Å². The number of rotatable bonds is 4. The third kappa shape index (κ3) is 3.32. The molecule has 0 aliphatic rings. The predicted molar refractivity (Wildman–Crippen MR) is 67.8 cm³/mol. The summed E-state index contributed by atoms with van der Waals surface area (Å²) >= 11 is 1.15. The van der Waals surface area contributed by atoms with Crippen molar-refractivity contribution in [2.75, 3.05) is 18.7 Å². The Morgan fingerprint density at radius 1 is 1.61 bits per heavy atom. The molecule has 0 atom stereocenters. The molecule has 0 saturated heterocycles. The molecule has 1 rings (SSSR count). The summed E-state index contributed by atoms with van der Waals surface area (Å²) in [5.74, 6) is -0.529. The van der Waals surface area contributed by atoms with E-state index in [1.54, 1.807) is 17.5 Å². The van der Waals surface area contributed by atoms with E-state index in [0.29, 0.717) is 10.6 Å². The van der Waals surface area contributed by atoms with Gasteiger partial charge in [-0.25, -0.2) is 13.2 Å². The van der Waals surface area contributed by atoms with Crippen LogP contribution >= 0.6 is 11.3 Å². The number of hydrogen-bond acceptors (Lipinski definition) is 7. The molecular formula is C10H10N2O4S2. The van der Waals surface area contributed by atoms with E-state index in [-0.39, 0.29) is 0 Å². The summed E-state index contributed by atoms with van der Waals surface area (Å²) in [5.41, 5.74) is 0.392. The minimum atomic E-state index is -3.58. The second-order valence-electron chi connectivity index (χ2n) is 3.19. The van der Waals surface area contributed by atoms with Crippen LogP contribution in [0.2, 0.25) is 0 Å². The van der Waals surface area contributed by atoms with Gasteiger partial charge in [-0.2, -0.15) is 5.26 Å². The highest BCUT2D eigenvalue weighted by Crippen LogP contribution is 2.23. The molecule has 1 N–H and O–H groups in total. The number of thiophene rings is 1. The molecular weight excluding hydrogens is 276 g/mol. The third-order valence-electron chi connectivity index (χ3n) is 1.90. The molecule has 0 bridgehead atoms. The van der Waals surface area contributed by atoms with Gasteiger partial charge in [0.25, 0.3) is 0 Å². The van der Waals surface area contributed by atoms with Crippen LogP contribution < -0.4 is 5.32 Å². The molecule has 0 fully saturated rings. The number of carbonyl (C=O) groups is 1. The maximum absolute atomic E-state index is 11.4. The zero-order chi connectivity index (χ0) is 13.8. The molecule has 0 amide bonds. The van der Waals surface area contributed by atoms with Gasteiger partial charge < -0.3 is 10.1 Å². The first-order chi connectivity index (χ1) is 8.40. The lowest BCUT2D eigenvalue weighted by molar-refractivity contribution is 0.0607. The second kappa shape index (κ2) is 5.66. The quantitative estimate of drug-likeness (QED) is 0.663. The van der Waals surface area contributed by atoms with Crippen molar-refractivity contribution in [3.8, 4) is 6.07 Å². The summed E-state index contributed by atoms with van der Waals surface area (Å²) in [6.07, 6.45) is 1.97. The average Bonchev–Trinajstić information content (AvgIpc) is 2.75. The summed E-state index contributed by atoms with van der Waals surface area (Å²) in [5, 5.41) is 12.9. The first-order valence-corrected chi connectivity index (χ1v) is 7.40. The fourth-order valence-electron chi connectivity index (χ4n) is 1.04. The van der Waals surface area contributed by atoms with Crippen LogP contribution in [0.3, 0.4) is 0 Å². The van der Waals surface area contributed by atoms with Gasteiger partial charge in [-0.05, 0) is 11.4 Å². The van der Waals surface area contributed by atoms with E-state index in [9.17, 15) is 13.2 Å². The smallest absolute Gasteiger partial charge is 0.350 e. The van der Waals surface area contributed by atoms with Crippen LogP contribution in [-0.4, -0.2) is 27.8 Å². The van der Waals surface area contributed by atoms with Crippen LogP contribution in [0.15, 0.2) is 22.6 Å². The number of esters is 1. The van der Waals surface area contributed by atoms with Crippen molar-refractivity contribution in [2.24, 2.45) is 0 Å². The van der Waals surface area contributed by atoms with Crippen molar-refractivity contribution in [2.45, 2.75) is 0 Å². The first-order valence-electron chi connectivity index (χ1n) is 4.62. The average molecular weight is 286 g/mol. The molecule has 0 aliphatic heterocycles. The van der Waals surface area contributed by atoms with Crippen molar-refractivity contribution in [3.63, 3.8) is 0 Å². The molecule has 1 aromatic heterocycles. The summed E-state index contributed by atoms with van der Waals surface area (Å²) < 4.78 is 26.9. The maximum Gasteiger partial charge on any atom is 0.350 e. The zero-order valence-corrected chi connectivity index (χ0v) is 11.3. The number of nitrogens with one attached hydrogen (secondary N) is 1. The Balaban J connectivity index is 3.01. The molecule has 0 radical (unpaired) electrons. The molecule has 8 heteroatoms. The van der Waals surface area contributed by atoms with E-state index >= 15 is 0 Å². The Kier molecular flexibility index (Phi) is 4.47. The largest absolute Gasteiger partial charge is 0.465 e. The number of ether oxygens (including phenoxy) is 1. The maximum atomic E-state index is 11.4. The molecule has 0 aliphatic carbocycles. The van der Waals surface area contributed by atoms with E-state index in [1.807, 2.05) is 0 Å². The molecule has 1 aromatic rings. The van der Waals surface area contributed by atoms with Crippen molar-refractivity contribution in [1.82, 2.24) is 0 Å². The topological polar surface area (TPSA) is 96.3 Å². The lowest BCUT2D eigenvalue weighted by Gasteiger charge is -2.02. The molecule has 0 unspecified atom stereocenters. The Morgan fingerprint density at radius 2 is 2.28 bits per heavy atom. The molecule has 1 heterocycles. The number of anilines is 1. The summed E-state index contributed by atoms with van der Waals surface area (Å²) in [7, 11) is -2.33. The number of sulfone groups is 1. The number of nitrogens with zero attached hydrogens (tertiary/aromatic N) is 1. The van der Waals surface area contributed by atoms with Gasteiger partial charge in [-0.3, -0.25) is 0 Å². The summed E-state index contributed by atoms with van der Waals surface area (Å²) in [4.78, 5) is 11.2. The highest BCUT2D eigenvalue weighted by atomic mass is 32.2. The molecule has 6 nitrogen and oxygen atoms in total. The highest BCUT2D eigenvalue weighted by Gasteiger charge is 2.14. The molecule has 18 heavy (non-hydrogen) atoms. The third-order valence-corrected chi connectivity index (χ3v) is 3.81. The Hall–Kier alpha value is -1.85. The second-order valence-corrected chi connectivity index (χ2v) is 6.09. The fourth-order valence-corrected chi connectivity index (χ4v) is 2.25. The van der Waals surface area contributed by atoms with Crippen molar-refractivity contribution < 1.29 is 17.9 Å². The summed E-state index contributed by atoms with van der Waals surface area (Å²) in [6, 6.07) is 3.15. The van der Waals surface area contributed by atoms with Gasteiger partial charge in [0.15, 0.2) is 14.7 Å². The Labute approximate surface area is 108 Å². The van der Waals surface area contributed by atoms with Crippen LogP contribution in [0.25, 0.3) is 0 Å². The van der Waals surface area contributed by atoms with Gasteiger partial charge in [-0.15, -0.1) is 11.3 Å². The molecule has 96 valence electrons. The number of allylic oxidation sites excluding steroid dienone is 1. The van der Waals surface area contributed by atoms with Gasteiger partial charge in [0, 0.05) is 12.5 Å². The van der Waals surface area contributed by atoms with E-state index in [0.717, 1.165) is 23.8 Å². The van der Waals surface area contributed by atoms with Crippen LogP contribution in [0, 0.1) is 11.3 Å². The zero-order valence-electron chi connectivity index (χ0n) is 9.63. The lowest BCUT2D eigenvalue weighted by atomic mass is 10.4. The fraction of sp³-hybridized carbons (Fsp3) is 0.200. The van der Waals surface area contributed by atoms with Gasteiger partial charge in [0.05, 0.1) is 12.8 Å². The summed E-state index contributed by atoms with van der Waals surface area (Å²) in [6.45, 7) is 0. The van der Waals surface area contributed by atoms with E-state index in [1.165, 1.54) is 7.11 Å². The SMILES string of the molecule is COC(=O)c1sccc1NC=C(C#N)S(C)(=O)=O. The monoisotopic (exact) mass is 286 g/mol. The van der Waals surface area contributed by atoms with Crippen molar-refractivity contribution >= 4 is 32.8 Å². The van der Waals surface area contributed by atoms with E-state index in [4.69, 9.17) is 5.26 Å². The van der Waals surface area contributed by atoms with Crippen LogP contribution in [-0.2, 0) is 14.6 Å². The minimum absolute atomic E-state index is 0.305. The van der Waals surface area contributed by atoms with Crippen LogP contribution in [0.5, 0.6) is 0 Å². The highest BCUT2D eigenvalue weighted by molar-refractivity contribution is 7.94. The number of methoxy groups -OCH3 is 1. The van der Waals surface area contributed by atoms with E-state index in [2.05, 4.69) is 10.1 Å².